The molecule has 0 atom stereocenters. The van der Waals surface area contributed by atoms with Crippen LogP contribution in [0.15, 0.2) is 66.9 Å². The molecule has 1 aromatic heterocycles. The fourth-order valence-corrected chi connectivity index (χ4v) is 4.63. The van der Waals surface area contributed by atoms with Crippen LogP contribution in [0.25, 0.3) is 22.0 Å². The van der Waals surface area contributed by atoms with Gasteiger partial charge in [-0.05, 0) is 55.0 Å². The highest BCUT2D eigenvalue weighted by Gasteiger charge is 2.32. The summed E-state index contributed by atoms with van der Waals surface area (Å²) in [5.41, 5.74) is -0.798. The quantitative estimate of drug-likeness (QED) is 0.206. The zero-order valence-corrected chi connectivity index (χ0v) is 20.5. The van der Waals surface area contributed by atoms with E-state index in [0.717, 1.165) is 12.1 Å². The minimum absolute atomic E-state index is 0.0209. The van der Waals surface area contributed by atoms with Gasteiger partial charge in [0.15, 0.2) is 5.78 Å². The average Bonchev–Trinajstić information content (AvgIpc) is 2.88. The molecule has 5 nitrogen and oxygen atoms in total. The number of nitrogens with zero attached hydrogens (tertiary/aromatic N) is 2. The second kappa shape index (κ2) is 10.6. The monoisotopic (exact) mass is 542 g/mol. The summed E-state index contributed by atoms with van der Waals surface area (Å²) in [4.78, 5) is 20.0. The SMILES string of the molecule is O=C(c1ccc(OC2CN(CCCF)C2)cc1)c1c(-c2ccc(C(F)(F)F)cc2F)cnc2cc(O)ccc12. The molecular formula is C29H23F5N2O3. The Morgan fingerprint density at radius 3 is 2.44 bits per heavy atom. The Morgan fingerprint density at radius 2 is 1.77 bits per heavy atom. The van der Waals surface area contributed by atoms with E-state index in [9.17, 15) is 31.9 Å². The molecule has 0 spiro atoms. The Hall–Kier alpha value is -4.05. The minimum atomic E-state index is -4.73. The van der Waals surface area contributed by atoms with E-state index < -0.39 is 23.3 Å². The molecule has 0 amide bonds. The van der Waals surface area contributed by atoms with E-state index in [1.807, 2.05) is 0 Å². The second-order valence-corrected chi connectivity index (χ2v) is 9.34. The third-order valence-electron chi connectivity index (χ3n) is 6.62. The predicted molar refractivity (Wildman–Crippen MR) is 135 cm³/mol. The van der Waals surface area contributed by atoms with Crippen LogP contribution in [0.2, 0.25) is 0 Å². The number of fused-ring (bicyclic) bond motifs is 1. The molecular weight excluding hydrogens is 519 g/mol. The number of hydrogen-bond acceptors (Lipinski definition) is 5. The highest BCUT2D eigenvalue weighted by atomic mass is 19.4. The topological polar surface area (TPSA) is 62.7 Å². The molecule has 3 aromatic carbocycles. The number of likely N-dealkylation sites (tertiary alicyclic amines) is 1. The maximum Gasteiger partial charge on any atom is 0.416 e. The van der Waals surface area contributed by atoms with Crippen LogP contribution >= 0.6 is 0 Å². The molecule has 0 saturated carbocycles. The van der Waals surface area contributed by atoms with Gasteiger partial charge in [0.05, 0.1) is 17.8 Å². The summed E-state index contributed by atoms with van der Waals surface area (Å²) >= 11 is 0. The van der Waals surface area contributed by atoms with Crippen LogP contribution in [-0.4, -0.2) is 53.2 Å². The number of ketones is 1. The molecule has 5 rings (SSSR count). The molecule has 0 aliphatic carbocycles. The van der Waals surface area contributed by atoms with Crippen molar-refractivity contribution in [3.8, 4) is 22.6 Å². The van der Waals surface area contributed by atoms with Crippen molar-refractivity contribution in [1.82, 2.24) is 9.88 Å². The maximum atomic E-state index is 15.0. The van der Waals surface area contributed by atoms with Crippen molar-refractivity contribution in [2.75, 3.05) is 26.3 Å². The van der Waals surface area contributed by atoms with Crippen LogP contribution < -0.4 is 4.74 Å². The number of carbonyl (C=O) groups excluding carboxylic acids is 1. The van der Waals surface area contributed by atoms with Crippen LogP contribution in [0.3, 0.4) is 0 Å². The largest absolute Gasteiger partial charge is 0.508 e. The number of alkyl halides is 4. The molecule has 2 heterocycles. The van der Waals surface area contributed by atoms with E-state index in [2.05, 4.69) is 9.88 Å². The summed E-state index contributed by atoms with van der Waals surface area (Å²) in [5.74, 6) is -1.21. The molecule has 0 bridgehead atoms. The summed E-state index contributed by atoms with van der Waals surface area (Å²) < 4.78 is 72.5. The summed E-state index contributed by atoms with van der Waals surface area (Å²) in [6, 6.07) is 12.6. The summed E-state index contributed by atoms with van der Waals surface area (Å²) in [7, 11) is 0. The first kappa shape index (κ1) is 26.6. The van der Waals surface area contributed by atoms with Gasteiger partial charge in [0.1, 0.15) is 23.4 Å². The van der Waals surface area contributed by atoms with Crippen LogP contribution in [-0.2, 0) is 6.18 Å². The second-order valence-electron chi connectivity index (χ2n) is 9.34. The van der Waals surface area contributed by atoms with Crippen molar-refractivity contribution in [2.24, 2.45) is 0 Å². The number of rotatable bonds is 8. The van der Waals surface area contributed by atoms with Crippen LogP contribution in [0.1, 0.15) is 27.9 Å². The normalized spacial score (nSPS) is 14.4. The molecule has 1 N–H and O–H groups in total. The average molecular weight is 543 g/mol. The molecule has 0 radical (unpaired) electrons. The van der Waals surface area contributed by atoms with E-state index in [-0.39, 0.29) is 46.3 Å². The van der Waals surface area contributed by atoms with Crippen LogP contribution in [0.4, 0.5) is 22.0 Å². The van der Waals surface area contributed by atoms with E-state index in [1.54, 1.807) is 24.3 Å². The summed E-state index contributed by atoms with van der Waals surface area (Å²) in [6.07, 6.45) is -3.08. The third-order valence-corrected chi connectivity index (χ3v) is 6.62. The lowest BCUT2D eigenvalue weighted by Gasteiger charge is -2.38. The van der Waals surface area contributed by atoms with E-state index in [0.29, 0.717) is 43.3 Å². The molecule has 10 heteroatoms. The van der Waals surface area contributed by atoms with Gasteiger partial charge in [0.25, 0.3) is 0 Å². The molecule has 0 unspecified atom stereocenters. The van der Waals surface area contributed by atoms with Crippen LogP contribution in [0.5, 0.6) is 11.5 Å². The number of pyridine rings is 1. The first-order valence-corrected chi connectivity index (χ1v) is 12.2. The smallest absolute Gasteiger partial charge is 0.416 e. The van der Waals surface area contributed by atoms with Crippen molar-refractivity contribution in [3.05, 3.63) is 89.4 Å². The maximum absolute atomic E-state index is 15.0. The first-order valence-electron chi connectivity index (χ1n) is 12.2. The number of carbonyl (C=O) groups is 1. The Labute approximate surface area is 220 Å². The van der Waals surface area contributed by atoms with Gasteiger partial charge in [-0.3, -0.25) is 19.1 Å². The molecule has 39 heavy (non-hydrogen) atoms. The lowest BCUT2D eigenvalue weighted by molar-refractivity contribution is -0.137. The van der Waals surface area contributed by atoms with Gasteiger partial charge < -0.3 is 9.84 Å². The molecule has 1 aliphatic rings. The summed E-state index contributed by atoms with van der Waals surface area (Å²) in [5, 5.41) is 10.2. The van der Waals surface area contributed by atoms with Gasteiger partial charge >= 0.3 is 6.18 Å². The zero-order valence-electron chi connectivity index (χ0n) is 20.5. The van der Waals surface area contributed by atoms with Crippen molar-refractivity contribution in [3.63, 3.8) is 0 Å². The number of phenols is 1. The Balaban J connectivity index is 1.47. The number of ether oxygens (including phenoxy) is 1. The highest BCUT2D eigenvalue weighted by Crippen LogP contribution is 2.37. The molecule has 202 valence electrons. The van der Waals surface area contributed by atoms with Crippen molar-refractivity contribution >= 4 is 16.7 Å². The number of aromatic hydroxyl groups is 1. The van der Waals surface area contributed by atoms with E-state index in [4.69, 9.17) is 4.74 Å². The van der Waals surface area contributed by atoms with Gasteiger partial charge in [0, 0.05) is 59.5 Å². The van der Waals surface area contributed by atoms with Gasteiger partial charge in [-0.25, -0.2) is 4.39 Å². The number of phenolic OH excluding ortho intramolecular Hbond substituents is 1. The van der Waals surface area contributed by atoms with Gasteiger partial charge in [-0.2, -0.15) is 13.2 Å². The molecule has 1 saturated heterocycles. The molecule has 4 aromatic rings. The highest BCUT2D eigenvalue weighted by molar-refractivity contribution is 6.19. The van der Waals surface area contributed by atoms with Crippen molar-refractivity contribution in [2.45, 2.75) is 18.7 Å². The Bertz CT molecular complexity index is 1520. The van der Waals surface area contributed by atoms with E-state index >= 15 is 0 Å². The van der Waals surface area contributed by atoms with Crippen LogP contribution in [0, 0.1) is 5.82 Å². The number of halogens is 5. The Kier molecular flexibility index (Phi) is 7.22. The fourth-order valence-electron chi connectivity index (χ4n) is 4.63. The minimum Gasteiger partial charge on any atom is -0.508 e. The van der Waals surface area contributed by atoms with E-state index in [1.165, 1.54) is 24.4 Å². The number of aromatic nitrogens is 1. The Morgan fingerprint density at radius 1 is 1.03 bits per heavy atom. The van der Waals surface area contributed by atoms with Gasteiger partial charge in [-0.1, -0.05) is 6.07 Å². The first-order chi connectivity index (χ1) is 18.6. The lowest BCUT2D eigenvalue weighted by atomic mass is 9.91. The third kappa shape index (κ3) is 5.56. The lowest BCUT2D eigenvalue weighted by Crippen LogP contribution is -2.53. The summed E-state index contributed by atoms with van der Waals surface area (Å²) in [6.45, 7) is 1.67. The van der Waals surface area contributed by atoms with Crippen molar-refractivity contribution < 1.29 is 36.6 Å². The van der Waals surface area contributed by atoms with Crippen molar-refractivity contribution in [1.29, 1.82) is 0 Å². The molecule has 1 aliphatic heterocycles. The standard InChI is InChI=1S/C29H23F5N2O3/c30-10-1-11-36-15-21(16-36)39-20-6-2-17(3-7-20)28(38)27-23-9-5-19(37)13-26(23)35-14-24(27)22-8-4-18(12-25(22)31)29(32,33)34/h2-9,12-14,21,37H,1,10-11,15-16H2. The predicted octanol–water partition coefficient (Wildman–Crippen LogP) is 6.42. The number of benzene rings is 3. The van der Waals surface area contributed by atoms with Gasteiger partial charge in [0.2, 0.25) is 0 Å². The fraction of sp³-hybridized carbons (Fsp3) is 0.241. The van der Waals surface area contributed by atoms with Gasteiger partial charge in [-0.15, -0.1) is 0 Å². The molecule has 1 fully saturated rings. The zero-order chi connectivity index (χ0) is 27.7. The number of hydrogen-bond donors (Lipinski definition) is 1.